The highest BCUT2D eigenvalue weighted by Crippen LogP contribution is 2.38. The van der Waals surface area contributed by atoms with Gasteiger partial charge in [0, 0.05) is 6.10 Å². The lowest BCUT2D eigenvalue weighted by atomic mass is 9.99. The molecule has 38 heavy (non-hydrogen) atoms. The molecular weight excluding hydrogens is 492 g/mol. The molecule has 2 unspecified atom stereocenters. The third-order valence-electron chi connectivity index (χ3n) is 7.18. The van der Waals surface area contributed by atoms with Crippen LogP contribution in [0.2, 0.25) is 5.04 Å². The van der Waals surface area contributed by atoms with E-state index in [1.807, 2.05) is 12.1 Å². The van der Waals surface area contributed by atoms with Crippen LogP contribution in [0, 0.1) is 5.92 Å². The number of benzene rings is 3. The Labute approximate surface area is 228 Å². The second-order valence-corrected chi connectivity index (χ2v) is 15.1. The fourth-order valence-electron chi connectivity index (χ4n) is 5.05. The Bertz CT molecular complexity index is 1150. The predicted molar refractivity (Wildman–Crippen MR) is 155 cm³/mol. The van der Waals surface area contributed by atoms with Crippen molar-refractivity contribution in [3.05, 3.63) is 96.1 Å². The van der Waals surface area contributed by atoms with Gasteiger partial charge in [-0.25, -0.2) is 9.59 Å². The van der Waals surface area contributed by atoms with Crippen LogP contribution in [0.15, 0.2) is 84.9 Å². The second kappa shape index (κ2) is 13.0. The lowest BCUT2D eigenvalue weighted by Gasteiger charge is -2.44. The van der Waals surface area contributed by atoms with Crippen molar-refractivity contribution in [3.8, 4) is 0 Å². The van der Waals surface area contributed by atoms with Gasteiger partial charge in [0.05, 0.1) is 17.7 Å². The third-order valence-corrected chi connectivity index (χ3v) is 12.3. The van der Waals surface area contributed by atoms with Gasteiger partial charge in [-0.05, 0) is 53.2 Å². The molecule has 0 fully saturated rings. The summed E-state index contributed by atoms with van der Waals surface area (Å²) in [5.74, 6) is -1.59. The third kappa shape index (κ3) is 6.80. The molecule has 0 saturated carbocycles. The Morgan fingerprint density at radius 1 is 0.816 bits per heavy atom. The van der Waals surface area contributed by atoms with Crippen molar-refractivity contribution in [2.75, 3.05) is 6.61 Å². The van der Waals surface area contributed by atoms with Crippen molar-refractivity contribution in [1.29, 1.82) is 0 Å². The highest BCUT2D eigenvalue weighted by molar-refractivity contribution is 6.99. The molecule has 202 valence electrons. The van der Waals surface area contributed by atoms with Gasteiger partial charge in [0.2, 0.25) is 0 Å². The minimum absolute atomic E-state index is 0.00112. The maximum absolute atomic E-state index is 12.6. The van der Waals surface area contributed by atoms with Crippen LogP contribution in [0.3, 0.4) is 0 Å². The first-order valence-corrected chi connectivity index (χ1v) is 15.3. The summed E-state index contributed by atoms with van der Waals surface area (Å²) < 4.78 is 12.7. The van der Waals surface area contributed by atoms with E-state index in [0.717, 1.165) is 19.3 Å². The molecule has 0 aliphatic heterocycles. The number of carbonyl (C=O) groups is 2. The van der Waals surface area contributed by atoms with Crippen LogP contribution in [-0.2, 0) is 9.16 Å². The standard InChI is InChI=1S/C32H40O5Si/c1-6-25(23-36-31(35)29-20-14-13-19-28(29)30(33)34)22-21-24(2)37-38(32(3,4)5,26-15-9-7-10-16-26)27-17-11-8-12-18-27/h7-20,24-25H,6,21-23H2,1-5H3,(H,33,34). The summed E-state index contributed by atoms with van der Waals surface area (Å²) in [5, 5.41) is 11.8. The number of carboxylic acids is 1. The molecular formula is C32H40O5Si. The maximum Gasteiger partial charge on any atom is 0.339 e. The Hall–Kier alpha value is -3.22. The highest BCUT2D eigenvalue weighted by atomic mass is 28.4. The van der Waals surface area contributed by atoms with Gasteiger partial charge in [-0.15, -0.1) is 0 Å². The lowest BCUT2D eigenvalue weighted by molar-refractivity contribution is 0.0412. The molecule has 0 aromatic heterocycles. The topological polar surface area (TPSA) is 72.8 Å². The average Bonchev–Trinajstić information content (AvgIpc) is 2.91. The average molecular weight is 533 g/mol. The van der Waals surface area contributed by atoms with Crippen LogP contribution in [0.5, 0.6) is 0 Å². The van der Waals surface area contributed by atoms with Gasteiger partial charge in [0.25, 0.3) is 8.32 Å². The van der Waals surface area contributed by atoms with E-state index in [0.29, 0.717) is 0 Å². The first-order chi connectivity index (χ1) is 18.1. The molecule has 3 aromatic rings. The lowest BCUT2D eigenvalue weighted by Crippen LogP contribution is -2.67. The summed E-state index contributed by atoms with van der Waals surface area (Å²) in [6, 6.07) is 27.4. The van der Waals surface area contributed by atoms with E-state index < -0.39 is 20.3 Å². The number of carbonyl (C=O) groups excluding carboxylic acids is 1. The molecule has 3 rings (SSSR count). The summed E-state index contributed by atoms with van der Waals surface area (Å²) in [6.45, 7) is 11.3. The van der Waals surface area contributed by atoms with Crippen molar-refractivity contribution in [1.82, 2.24) is 0 Å². The van der Waals surface area contributed by atoms with E-state index >= 15 is 0 Å². The Morgan fingerprint density at radius 3 is 1.79 bits per heavy atom. The molecule has 0 spiro atoms. The predicted octanol–water partition coefficient (Wildman–Crippen LogP) is 6.31. The highest BCUT2D eigenvalue weighted by Gasteiger charge is 2.50. The van der Waals surface area contributed by atoms with Crippen molar-refractivity contribution in [2.24, 2.45) is 5.92 Å². The number of aromatic carboxylic acids is 1. The maximum atomic E-state index is 12.6. The summed E-state index contributed by atoms with van der Waals surface area (Å²) in [5.41, 5.74) is 0.0381. The Balaban J connectivity index is 1.73. The van der Waals surface area contributed by atoms with Crippen molar-refractivity contribution in [3.63, 3.8) is 0 Å². The molecule has 1 N–H and O–H groups in total. The number of hydrogen-bond acceptors (Lipinski definition) is 4. The van der Waals surface area contributed by atoms with E-state index in [1.54, 1.807) is 12.1 Å². The van der Waals surface area contributed by atoms with Gasteiger partial charge in [-0.3, -0.25) is 0 Å². The van der Waals surface area contributed by atoms with Crippen molar-refractivity contribution < 1.29 is 23.9 Å². The van der Waals surface area contributed by atoms with Crippen LogP contribution in [0.25, 0.3) is 0 Å². The van der Waals surface area contributed by atoms with Gasteiger partial charge in [-0.1, -0.05) is 107 Å². The van der Waals surface area contributed by atoms with E-state index in [4.69, 9.17) is 9.16 Å². The number of carboxylic acid groups (broad SMARTS) is 1. The van der Waals surface area contributed by atoms with Crippen molar-refractivity contribution >= 4 is 30.6 Å². The summed E-state index contributed by atoms with van der Waals surface area (Å²) in [4.78, 5) is 24.1. The van der Waals surface area contributed by atoms with Crippen LogP contribution in [0.1, 0.15) is 74.6 Å². The number of rotatable bonds is 12. The summed E-state index contributed by atoms with van der Waals surface area (Å²) in [7, 11) is -2.63. The molecule has 0 saturated heterocycles. The Kier molecular flexibility index (Phi) is 10.1. The molecule has 2 atom stereocenters. The molecule has 0 amide bonds. The van der Waals surface area contributed by atoms with Crippen molar-refractivity contribution in [2.45, 2.75) is 65.0 Å². The molecule has 6 heteroatoms. The minimum Gasteiger partial charge on any atom is -0.478 e. The van der Waals surface area contributed by atoms with Gasteiger partial charge >= 0.3 is 11.9 Å². The zero-order chi connectivity index (χ0) is 27.8. The van der Waals surface area contributed by atoms with Crippen LogP contribution in [-0.4, -0.2) is 38.1 Å². The van der Waals surface area contributed by atoms with Crippen LogP contribution >= 0.6 is 0 Å². The number of hydrogen-bond donors (Lipinski definition) is 1. The first kappa shape index (κ1) is 29.3. The van der Waals surface area contributed by atoms with Crippen LogP contribution in [0.4, 0.5) is 0 Å². The summed E-state index contributed by atoms with van der Waals surface area (Å²) >= 11 is 0. The SMILES string of the molecule is CCC(CCC(C)O[Si](c1ccccc1)(c1ccccc1)C(C)(C)C)COC(=O)c1ccccc1C(=O)O. The van der Waals surface area contributed by atoms with E-state index in [9.17, 15) is 14.7 Å². The smallest absolute Gasteiger partial charge is 0.339 e. The second-order valence-electron chi connectivity index (χ2n) is 10.9. The minimum atomic E-state index is -2.63. The monoisotopic (exact) mass is 532 g/mol. The fraction of sp³-hybridized carbons (Fsp3) is 0.375. The zero-order valence-electron chi connectivity index (χ0n) is 23.1. The molecule has 0 heterocycles. The van der Waals surface area contributed by atoms with Crippen LogP contribution < -0.4 is 10.4 Å². The molecule has 0 radical (unpaired) electrons. The molecule has 0 aliphatic rings. The van der Waals surface area contributed by atoms with Gasteiger partial charge in [0.1, 0.15) is 0 Å². The van der Waals surface area contributed by atoms with E-state index in [2.05, 4.69) is 83.1 Å². The van der Waals surface area contributed by atoms with E-state index in [1.165, 1.54) is 22.5 Å². The molecule has 3 aromatic carbocycles. The van der Waals surface area contributed by atoms with Gasteiger partial charge < -0.3 is 14.3 Å². The van der Waals surface area contributed by atoms with Gasteiger partial charge in [-0.2, -0.15) is 0 Å². The number of ether oxygens (including phenoxy) is 1. The normalized spacial score (nSPS) is 13.5. The number of esters is 1. The molecule has 0 bridgehead atoms. The first-order valence-electron chi connectivity index (χ1n) is 13.4. The summed E-state index contributed by atoms with van der Waals surface area (Å²) in [6.07, 6.45) is 2.51. The molecule has 5 nitrogen and oxygen atoms in total. The zero-order valence-corrected chi connectivity index (χ0v) is 24.1. The quantitative estimate of drug-likeness (QED) is 0.218. The largest absolute Gasteiger partial charge is 0.478 e. The molecule has 0 aliphatic carbocycles. The fourth-order valence-corrected chi connectivity index (χ4v) is 9.78. The Morgan fingerprint density at radius 2 is 1.32 bits per heavy atom. The van der Waals surface area contributed by atoms with E-state index in [-0.39, 0.29) is 34.8 Å². The van der Waals surface area contributed by atoms with Gasteiger partial charge in [0.15, 0.2) is 0 Å².